The van der Waals surface area contributed by atoms with Gasteiger partial charge in [-0.25, -0.2) is 0 Å². The highest BCUT2D eigenvalue weighted by Gasteiger charge is 2.21. The van der Waals surface area contributed by atoms with Gasteiger partial charge in [-0.15, -0.1) is 0 Å². The fraction of sp³-hybridized carbons (Fsp3) is 0.571. The Labute approximate surface area is 98.4 Å². The minimum Gasteiger partial charge on any atom is -0.398 e. The fourth-order valence-electron chi connectivity index (χ4n) is 2.50. The summed E-state index contributed by atoms with van der Waals surface area (Å²) in [5, 5.41) is 0. The molecule has 0 radical (unpaired) electrons. The molecule has 0 amide bonds. The Morgan fingerprint density at radius 3 is 2.75 bits per heavy atom. The SMILES string of the molecule is CC(C)(C)CN1CCc2c(N)cccc2C1. The summed E-state index contributed by atoms with van der Waals surface area (Å²) in [6.45, 7) is 10.2. The van der Waals surface area contributed by atoms with E-state index >= 15 is 0 Å². The number of hydrogen-bond acceptors (Lipinski definition) is 2. The van der Waals surface area contributed by atoms with E-state index in [1.165, 1.54) is 11.1 Å². The molecule has 1 heterocycles. The molecule has 0 saturated carbocycles. The van der Waals surface area contributed by atoms with Gasteiger partial charge in [-0.05, 0) is 29.0 Å². The van der Waals surface area contributed by atoms with E-state index in [0.717, 1.165) is 31.7 Å². The van der Waals surface area contributed by atoms with Crippen LogP contribution < -0.4 is 5.73 Å². The zero-order valence-electron chi connectivity index (χ0n) is 10.6. The number of nitrogen functional groups attached to an aromatic ring is 1. The lowest BCUT2D eigenvalue weighted by Gasteiger charge is -2.34. The van der Waals surface area contributed by atoms with E-state index in [2.05, 4.69) is 37.8 Å². The minimum absolute atomic E-state index is 0.373. The van der Waals surface area contributed by atoms with E-state index in [0.29, 0.717) is 5.41 Å². The highest BCUT2D eigenvalue weighted by Crippen LogP contribution is 2.26. The Hall–Kier alpha value is -1.02. The van der Waals surface area contributed by atoms with Crippen molar-refractivity contribution in [3.8, 4) is 0 Å². The Bertz CT molecular complexity index is 377. The molecule has 2 N–H and O–H groups in total. The summed E-state index contributed by atoms with van der Waals surface area (Å²) >= 11 is 0. The first-order valence-corrected chi connectivity index (χ1v) is 6.04. The van der Waals surface area contributed by atoms with Gasteiger partial charge >= 0.3 is 0 Å². The lowest BCUT2D eigenvalue weighted by atomic mass is 9.92. The summed E-state index contributed by atoms with van der Waals surface area (Å²) in [5.41, 5.74) is 10.1. The number of benzene rings is 1. The van der Waals surface area contributed by atoms with Gasteiger partial charge in [0.15, 0.2) is 0 Å². The Morgan fingerprint density at radius 1 is 1.31 bits per heavy atom. The van der Waals surface area contributed by atoms with E-state index in [1.54, 1.807) is 0 Å². The molecule has 1 aliphatic rings. The number of nitrogens with zero attached hydrogens (tertiary/aromatic N) is 1. The molecule has 16 heavy (non-hydrogen) atoms. The van der Waals surface area contributed by atoms with Crippen molar-refractivity contribution in [3.63, 3.8) is 0 Å². The van der Waals surface area contributed by atoms with Gasteiger partial charge in [-0.3, -0.25) is 4.90 Å². The van der Waals surface area contributed by atoms with Gasteiger partial charge in [-0.2, -0.15) is 0 Å². The monoisotopic (exact) mass is 218 g/mol. The van der Waals surface area contributed by atoms with Crippen molar-refractivity contribution >= 4 is 5.69 Å². The normalized spacial score (nSPS) is 17.2. The molecule has 0 spiro atoms. The molecule has 1 aromatic carbocycles. The van der Waals surface area contributed by atoms with Crippen molar-refractivity contribution in [2.45, 2.75) is 33.7 Å². The zero-order valence-corrected chi connectivity index (χ0v) is 10.6. The molecule has 2 nitrogen and oxygen atoms in total. The van der Waals surface area contributed by atoms with Crippen molar-refractivity contribution < 1.29 is 0 Å². The van der Waals surface area contributed by atoms with Crippen LogP contribution in [0, 0.1) is 5.41 Å². The molecule has 88 valence electrons. The van der Waals surface area contributed by atoms with Crippen LogP contribution in [0.2, 0.25) is 0 Å². The summed E-state index contributed by atoms with van der Waals surface area (Å²) in [4.78, 5) is 2.53. The molecule has 0 aromatic heterocycles. The predicted octanol–water partition coefficient (Wildman–Crippen LogP) is 2.67. The first-order chi connectivity index (χ1) is 7.46. The average molecular weight is 218 g/mol. The van der Waals surface area contributed by atoms with Crippen LogP contribution in [0.4, 0.5) is 5.69 Å². The molecule has 0 atom stereocenters. The van der Waals surface area contributed by atoms with E-state index in [4.69, 9.17) is 5.73 Å². The molecule has 0 bridgehead atoms. The first-order valence-electron chi connectivity index (χ1n) is 6.04. The van der Waals surface area contributed by atoms with Crippen LogP contribution in [0.25, 0.3) is 0 Å². The van der Waals surface area contributed by atoms with Crippen molar-refractivity contribution in [1.29, 1.82) is 0 Å². The standard InChI is InChI=1S/C14H22N2/c1-14(2,3)10-16-8-7-12-11(9-16)5-4-6-13(12)15/h4-6H,7-10,15H2,1-3H3. The predicted molar refractivity (Wildman–Crippen MR) is 69.3 cm³/mol. The van der Waals surface area contributed by atoms with Crippen LogP contribution in [-0.2, 0) is 13.0 Å². The van der Waals surface area contributed by atoms with Crippen LogP contribution in [0.3, 0.4) is 0 Å². The molecule has 1 aromatic rings. The van der Waals surface area contributed by atoms with E-state index in [1.807, 2.05) is 6.07 Å². The number of nitrogens with two attached hydrogens (primary N) is 1. The van der Waals surface area contributed by atoms with Gasteiger partial charge in [0.25, 0.3) is 0 Å². The van der Waals surface area contributed by atoms with Gasteiger partial charge in [-0.1, -0.05) is 32.9 Å². The van der Waals surface area contributed by atoms with Crippen LogP contribution in [0.1, 0.15) is 31.9 Å². The van der Waals surface area contributed by atoms with Crippen molar-refractivity contribution in [1.82, 2.24) is 4.90 Å². The summed E-state index contributed by atoms with van der Waals surface area (Å²) in [6.07, 6.45) is 1.10. The number of anilines is 1. The second kappa shape index (κ2) is 4.10. The molecule has 2 heteroatoms. The molecule has 0 unspecified atom stereocenters. The Balaban J connectivity index is 2.12. The molecule has 1 aliphatic heterocycles. The molecule has 2 rings (SSSR count). The smallest absolute Gasteiger partial charge is 0.0350 e. The van der Waals surface area contributed by atoms with Crippen molar-refractivity contribution in [2.24, 2.45) is 5.41 Å². The largest absolute Gasteiger partial charge is 0.398 e. The van der Waals surface area contributed by atoms with E-state index < -0.39 is 0 Å². The molecule has 0 fully saturated rings. The fourth-order valence-corrected chi connectivity index (χ4v) is 2.50. The van der Waals surface area contributed by atoms with Crippen molar-refractivity contribution in [3.05, 3.63) is 29.3 Å². The van der Waals surface area contributed by atoms with Gasteiger partial charge in [0.05, 0.1) is 0 Å². The summed E-state index contributed by atoms with van der Waals surface area (Å²) < 4.78 is 0. The number of fused-ring (bicyclic) bond motifs is 1. The van der Waals surface area contributed by atoms with Gasteiger partial charge in [0.1, 0.15) is 0 Å². The summed E-state index contributed by atoms with van der Waals surface area (Å²) in [5.74, 6) is 0. The average Bonchev–Trinajstić information content (AvgIpc) is 2.15. The molecular formula is C14H22N2. The zero-order chi connectivity index (χ0) is 11.8. The highest BCUT2D eigenvalue weighted by molar-refractivity contribution is 5.51. The van der Waals surface area contributed by atoms with Crippen molar-refractivity contribution in [2.75, 3.05) is 18.8 Å². The Kier molecular flexibility index (Phi) is 2.94. The third kappa shape index (κ3) is 2.56. The second-order valence-electron chi connectivity index (χ2n) is 6.01. The van der Waals surface area contributed by atoms with Crippen LogP contribution >= 0.6 is 0 Å². The maximum Gasteiger partial charge on any atom is 0.0350 e. The quantitative estimate of drug-likeness (QED) is 0.734. The first kappa shape index (κ1) is 11.5. The topological polar surface area (TPSA) is 29.3 Å². The Morgan fingerprint density at radius 2 is 2.06 bits per heavy atom. The lowest BCUT2D eigenvalue weighted by molar-refractivity contribution is 0.177. The third-order valence-electron chi connectivity index (χ3n) is 3.08. The third-order valence-corrected chi connectivity index (χ3v) is 3.08. The molecule has 0 saturated heterocycles. The maximum absolute atomic E-state index is 6.00. The van der Waals surface area contributed by atoms with Gasteiger partial charge < -0.3 is 5.73 Å². The van der Waals surface area contributed by atoms with E-state index in [-0.39, 0.29) is 0 Å². The molecular weight excluding hydrogens is 196 g/mol. The minimum atomic E-state index is 0.373. The van der Waals surface area contributed by atoms with Crippen LogP contribution in [-0.4, -0.2) is 18.0 Å². The summed E-state index contributed by atoms with van der Waals surface area (Å²) in [7, 11) is 0. The summed E-state index contributed by atoms with van der Waals surface area (Å²) in [6, 6.07) is 6.29. The number of rotatable bonds is 1. The van der Waals surface area contributed by atoms with Gasteiger partial charge in [0.2, 0.25) is 0 Å². The van der Waals surface area contributed by atoms with Crippen LogP contribution in [0.15, 0.2) is 18.2 Å². The van der Waals surface area contributed by atoms with E-state index in [9.17, 15) is 0 Å². The second-order valence-corrected chi connectivity index (χ2v) is 6.01. The lowest BCUT2D eigenvalue weighted by Crippen LogP contribution is -2.37. The number of hydrogen-bond donors (Lipinski definition) is 1. The maximum atomic E-state index is 6.00. The highest BCUT2D eigenvalue weighted by atomic mass is 15.1. The molecule has 0 aliphatic carbocycles. The van der Waals surface area contributed by atoms with Crippen LogP contribution in [0.5, 0.6) is 0 Å². The van der Waals surface area contributed by atoms with Gasteiger partial charge in [0, 0.05) is 25.3 Å².